The van der Waals surface area contributed by atoms with Gasteiger partial charge in [-0.2, -0.15) is 0 Å². The molecule has 2 aliphatic rings. The number of fused-ring (bicyclic) bond motifs is 1. The summed E-state index contributed by atoms with van der Waals surface area (Å²) in [4.78, 5) is 28.3. The minimum atomic E-state index is -0.878. The van der Waals surface area contributed by atoms with E-state index in [1.807, 2.05) is 18.4 Å². The number of rotatable bonds is 3. The predicted octanol–water partition coefficient (Wildman–Crippen LogP) is 4.16. The summed E-state index contributed by atoms with van der Waals surface area (Å²) < 4.78 is 11.1. The van der Waals surface area contributed by atoms with Gasteiger partial charge in [0.15, 0.2) is 11.5 Å². The number of aliphatic hydroxyl groups is 1. The lowest BCUT2D eigenvalue weighted by Gasteiger charge is -2.25. The number of amides is 1. The van der Waals surface area contributed by atoms with Gasteiger partial charge in [0.2, 0.25) is 0 Å². The van der Waals surface area contributed by atoms with Crippen molar-refractivity contribution in [2.24, 2.45) is 0 Å². The summed E-state index contributed by atoms with van der Waals surface area (Å²) in [5.74, 6) is -1.07. The van der Waals surface area contributed by atoms with Crippen molar-refractivity contribution < 1.29 is 29.3 Å². The van der Waals surface area contributed by atoms with Gasteiger partial charge in [-0.15, -0.1) is 11.3 Å². The number of hydrogen-bond donors (Lipinski definition) is 2. The van der Waals surface area contributed by atoms with Gasteiger partial charge in [-0.05, 0) is 54.3 Å². The minimum absolute atomic E-state index is 0.0412. The van der Waals surface area contributed by atoms with E-state index in [-0.39, 0.29) is 22.8 Å². The number of aliphatic hydroxyl groups excluding tert-OH is 1. The smallest absolute Gasteiger partial charge is 0.300 e. The highest BCUT2D eigenvalue weighted by molar-refractivity contribution is 7.10. The number of ketones is 1. The van der Waals surface area contributed by atoms with E-state index in [0.717, 1.165) is 10.4 Å². The highest BCUT2D eigenvalue weighted by Gasteiger charge is 2.48. The molecule has 162 valence electrons. The molecule has 0 saturated carbocycles. The molecule has 0 radical (unpaired) electrons. The number of para-hydroxylation sites is 2. The summed E-state index contributed by atoms with van der Waals surface area (Å²) in [6, 6.07) is 12.2. The number of hydrogen-bond acceptors (Lipinski definition) is 7. The van der Waals surface area contributed by atoms with E-state index in [1.54, 1.807) is 36.4 Å². The zero-order valence-corrected chi connectivity index (χ0v) is 17.9. The van der Waals surface area contributed by atoms with Crippen LogP contribution in [0.5, 0.6) is 17.2 Å². The van der Waals surface area contributed by atoms with Crippen molar-refractivity contribution in [3.63, 3.8) is 0 Å². The van der Waals surface area contributed by atoms with Crippen LogP contribution in [0.25, 0.3) is 5.76 Å². The summed E-state index contributed by atoms with van der Waals surface area (Å²) in [5.41, 5.74) is 1.37. The lowest BCUT2D eigenvalue weighted by atomic mass is 9.98. The number of carbonyl (C=O) groups excluding carboxylic acids is 2. The first-order valence-electron chi connectivity index (χ1n) is 10.0. The monoisotopic (exact) mass is 449 g/mol. The van der Waals surface area contributed by atoms with E-state index in [0.29, 0.717) is 30.3 Å². The number of benzene rings is 2. The molecule has 3 heterocycles. The van der Waals surface area contributed by atoms with E-state index >= 15 is 0 Å². The van der Waals surface area contributed by atoms with Gasteiger partial charge in [0.05, 0.1) is 11.3 Å². The van der Waals surface area contributed by atoms with E-state index in [2.05, 4.69) is 0 Å². The number of aryl methyl sites for hydroxylation is 1. The van der Waals surface area contributed by atoms with Crippen LogP contribution < -0.4 is 14.4 Å². The zero-order valence-electron chi connectivity index (χ0n) is 17.1. The lowest BCUT2D eigenvalue weighted by Crippen LogP contribution is -2.29. The highest BCUT2D eigenvalue weighted by atomic mass is 32.1. The normalized spacial score (nSPS) is 19.4. The van der Waals surface area contributed by atoms with Crippen LogP contribution in [0.15, 0.2) is 59.5 Å². The van der Waals surface area contributed by atoms with Gasteiger partial charge in [-0.25, -0.2) is 0 Å². The second kappa shape index (κ2) is 7.72. The molecular weight excluding hydrogens is 430 g/mol. The third-order valence-electron chi connectivity index (χ3n) is 5.55. The molecule has 7 nitrogen and oxygen atoms in total. The molecule has 3 aromatic rings. The van der Waals surface area contributed by atoms with Crippen LogP contribution >= 0.6 is 11.3 Å². The Balaban J connectivity index is 1.71. The number of nitrogens with zero attached hydrogens (tertiary/aromatic N) is 1. The molecule has 5 rings (SSSR count). The molecule has 0 spiro atoms. The number of thiophene rings is 1. The molecular formula is C24H19NO6S. The Morgan fingerprint density at radius 1 is 1.06 bits per heavy atom. The SMILES string of the molecule is Cc1ccsc1C1/C(=C(/O)c2ccc3c(c2)OCCO3)C(=O)C(=O)N1c1ccccc1O. The van der Waals surface area contributed by atoms with Crippen molar-refractivity contribution >= 4 is 34.5 Å². The summed E-state index contributed by atoms with van der Waals surface area (Å²) in [7, 11) is 0. The standard InChI is InChI=1S/C24H19NO6S/c1-13-8-11-32-23(13)20-19(21(27)14-6-7-17-18(12-14)31-10-9-30-17)22(28)24(29)25(20)15-4-2-3-5-16(15)26/h2-8,11-12,20,26-27H,9-10H2,1H3/b21-19-. The Bertz CT molecular complexity index is 1280. The van der Waals surface area contributed by atoms with Gasteiger partial charge >= 0.3 is 0 Å². The molecule has 1 unspecified atom stereocenters. The molecule has 1 amide bonds. The molecule has 8 heteroatoms. The van der Waals surface area contributed by atoms with Crippen molar-refractivity contribution in [3.8, 4) is 17.2 Å². The molecule has 2 aliphatic heterocycles. The maximum Gasteiger partial charge on any atom is 0.300 e. The number of phenols is 1. The fraction of sp³-hybridized carbons (Fsp3) is 0.167. The quantitative estimate of drug-likeness (QED) is 0.354. The number of phenolic OH excluding ortho intramolecular Hbond substituents is 1. The van der Waals surface area contributed by atoms with Crippen LogP contribution in [0.1, 0.15) is 22.0 Å². The Hall–Kier alpha value is -3.78. The lowest BCUT2D eigenvalue weighted by molar-refractivity contribution is -0.132. The van der Waals surface area contributed by atoms with E-state index < -0.39 is 17.7 Å². The van der Waals surface area contributed by atoms with E-state index in [9.17, 15) is 19.8 Å². The first kappa shape index (κ1) is 20.1. The largest absolute Gasteiger partial charge is 0.507 e. The van der Waals surface area contributed by atoms with Crippen LogP contribution in [0.2, 0.25) is 0 Å². The van der Waals surface area contributed by atoms with Crippen LogP contribution in [-0.4, -0.2) is 35.1 Å². The second-order valence-electron chi connectivity index (χ2n) is 7.48. The van der Waals surface area contributed by atoms with E-state index in [4.69, 9.17) is 9.47 Å². The molecule has 0 bridgehead atoms. The number of aromatic hydroxyl groups is 1. The van der Waals surface area contributed by atoms with Crippen molar-refractivity contribution in [1.29, 1.82) is 0 Å². The molecule has 1 fully saturated rings. The Morgan fingerprint density at radius 3 is 2.53 bits per heavy atom. The molecule has 0 aliphatic carbocycles. The Labute approximate surface area is 187 Å². The number of ether oxygens (including phenoxy) is 2. The van der Waals surface area contributed by atoms with Gasteiger partial charge < -0.3 is 19.7 Å². The maximum absolute atomic E-state index is 13.2. The molecule has 1 saturated heterocycles. The average Bonchev–Trinajstić information content (AvgIpc) is 3.34. The van der Waals surface area contributed by atoms with Crippen LogP contribution in [-0.2, 0) is 9.59 Å². The van der Waals surface area contributed by atoms with Crippen molar-refractivity contribution in [2.45, 2.75) is 13.0 Å². The zero-order chi connectivity index (χ0) is 22.4. The topological polar surface area (TPSA) is 96.3 Å². The Kier molecular flexibility index (Phi) is 4.86. The molecule has 1 aromatic heterocycles. The van der Waals surface area contributed by atoms with Crippen molar-refractivity contribution in [3.05, 3.63) is 75.5 Å². The van der Waals surface area contributed by atoms with Gasteiger partial charge in [0.25, 0.3) is 11.7 Å². The van der Waals surface area contributed by atoms with Gasteiger partial charge in [0.1, 0.15) is 30.8 Å². The Morgan fingerprint density at radius 2 is 1.81 bits per heavy atom. The van der Waals surface area contributed by atoms with Gasteiger partial charge in [0, 0.05) is 10.4 Å². The fourth-order valence-corrected chi connectivity index (χ4v) is 5.03. The minimum Gasteiger partial charge on any atom is -0.507 e. The van der Waals surface area contributed by atoms with E-state index in [1.165, 1.54) is 22.3 Å². The number of anilines is 1. The van der Waals surface area contributed by atoms with Gasteiger partial charge in [-0.3, -0.25) is 14.5 Å². The van der Waals surface area contributed by atoms with Crippen LogP contribution in [0.4, 0.5) is 5.69 Å². The molecule has 2 N–H and O–H groups in total. The first-order chi connectivity index (χ1) is 15.5. The summed E-state index contributed by atoms with van der Waals surface area (Å²) in [5, 5.41) is 23.5. The summed E-state index contributed by atoms with van der Waals surface area (Å²) >= 11 is 1.38. The van der Waals surface area contributed by atoms with Gasteiger partial charge in [-0.1, -0.05) is 12.1 Å². The molecule has 32 heavy (non-hydrogen) atoms. The third-order valence-corrected chi connectivity index (χ3v) is 6.62. The predicted molar refractivity (Wildman–Crippen MR) is 119 cm³/mol. The second-order valence-corrected chi connectivity index (χ2v) is 8.43. The first-order valence-corrected chi connectivity index (χ1v) is 10.9. The highest BCUT2D eigenvalue weighted by Crippen LogP contribution is 2.47. The average molecular weight is 449 g/mol. The third kappa shape index (κ3) is 3.11. The van der Waals surface area contributed by atoms with Crippen molar-refractivity contribution in [2.75, 3.05) is 18.1 Å². The van der Waals surface area contributed by atoms with Crippen molar-refractivity contribution in [1.82, 2.24) is 0 Å². The maximum atomic E-state index is 13.2. The molecule has 2 aromatic carbocycles. The number of Topliss-reactive ketones (excluding diaryl/α,β-unsaturated/α-hetero) is 1. The molecule has 1 atom stereocenters. The van der Waals surface area contributed by atoms with Crippen LogP contribution in [0, 0.1) is 6.92 Å². The number of carbonyl (C=O) groups is 2. The van der Waals surface area contributed by atoms with Crippen LogP contribution in [0.3, 0.4) is 0 Å². The summed E-state index contributed by atoms with van der Waals surface area (Å²) in [6.45, 7) is 2.69. The fourth-order valence-electron chi connectivity index (χ4n) is 4.01. The summed E-state index contributed by atoms with van der Waals surface area (Å²) in [6.07, 6.45) is 0.